The van der Waals surface area contributed by atoms with Gasteiger partial charge in [0, 0.05) is 76.9 Å². The van der Waals surface area contributed by atoms with Crippen LogP contribution in [0.25, 0.3) is 0 Å². The number of aromatic nitrogens is 2. The van der Waals surface area contributed by atoms with Crippen LogP contribution in [0.15, 0.2) is 206 Å². The molecular formula is C52H48CoN4O2. The zero-order valence-corrected chi connectivity index (χ0v) is 34.9. The molecule has 4 aromatic carbocycles. The first-order valence-electron chi connectivity index (χ1n) is 19.6. The quantitative estimate of drug-likeness (QED) is 0.101. The van der Waals surface area contributed by atoms with Crippen molar-refractivity contribution in [2.75, 3.05) is 23.9 Å². The van der Waals surface area contributed by atoms with E-state index < -0.39 is 0 Å². The van der Waals surface area contributed by atoms with Crippen molar-refractivity contribution in [1.29, 1.82) is 0 Å². The van der Waals surface area contributed by atoms with Crippen molar-refractivity contribution in [1.82, 2.24) is 9.97 Å². The number of ketones is 2. The molecule has 2 aromatic heterocycles. The van der Waals surface area contributed by atoms with E-state index in [4.69, 9.17) is 0 Å². The van der Waals surface area contributed by atoms with Crippen LogP contribution in [0.1, 0.15) is 57.1 Å². The molecule has 0 aliphatic carbocycles. The molecule has 6 aromatic rings. The summed E-state index contributed by atoms with van der Waals surface area (Å²) in [5.41, 5.74) is 10.5. The zero-order valence-electron chi connectivity index (χ0n) is 33.8. The van der Waals surface area contributed by atoms with Crippen LogP contribution < -0.4 is 9.80 Å². The Balaban J connectivity index is 0.000000195. The minimum absolute atomic E-state index is 0. The van der Waals surface area contributed by atoms with Crippen LogP contribution in [-0.4, -0.2) is 35.6 Å². The Bertz CT molecular complexity index is 2320. The van der Waals surface area contributed by atoms with Gasteiger partial charge in [-0.25, -0.2) is 0 Å². The van der Waals surface area contributed by atoms with E-state index in [2.05, 4.69) is 157 Å². The van der Waals surface area contributed by atoms with Gasteiger partial charge in [0.25, 0.3) is 0 Å². The number of hydrogen-bond acceptors (Lipinski definition) is 6. The molecule has 7 heteroatoms. The summed E-state index contributed by atoms with van der Waals surface area (Å²) < 4.78 is 0. The number of likely N-dealkylation sites (N-methyl/N-ethyl adjacent to an activating group) is 2. The van der Waals surface area contributed by atoms with Crippen molar-refractivity contribution in [3.05, 3.63) is 239 Å². The molecular weight excluding hydrogens is 772 g/mol. The van der Waals surface area contributed by atoms with Crippen molar-refractivity contribution >= 4 is 22.9 Å². The van der Waals surface area contributed by atoms with Crippen molar-refractivity contribution in [2.45, 2.75) is 37.5 Å². The molecule has 8 rings (SSSR count). The Morgan fingerprint density at radius 1 is 0.508 bits per heavy atom. The van der Waals surface area contributed by atoms with Gasteiger partial charge in [-0.1, -0.05) is 121 Å². The standard InChI is InChI=1S/2C26H24N2O.Co/c2*1-26(19-20-11-4-3-5-12-20)21-13-6-7-15-23(21)28(2)25(26)17-10-16-24(29)22-14-8-9-18-27-22;/h2*3-18H,19H2,1-2H3;/b2*16-10+,25-17-;. The van der Waals surface area contributed by atoms with Crippen molar-refractivity contribution in [3.8, 4) is 0 Å². The van der Waals surface area contributed by atoms with E-state index in [0.29, 0.717) is 11.4 Å². The summed E-state index contributed by atoms with van der Waals surface area (Å²) in [6.45, 7) is 4.56. The average Bonchev–Trinajstić information content (AvgIpc) is 3.60. The van der Waals surface area contributed by atoms with Gasteiger partial charge < -0.3 is 9.80 Å². The number of carbonyl (C=O) groups is 2. The summed E-state index contributed by atoms with van der Waals surface area (Å²) in [4.78, 5) is 37.5. The van der Waals surface area contributed by atoms with Gasteiger partial charge in [-0.15, -0.1) is 0 Å². The molecule has 4 heterocycles. The maximum atomic E-state index is 12.4. The minimum Gasteiger partial charge on any atom is -0.347 e. The molecule has 2 atom stereocenters. The number of fused-ring (bicyclic) bond motifs is 2. The zero-order chi connectivity index (χ0) is 40.5. The van der Waals surface area contributed by atoms with Gasteiger partial charge in [0.05, 0.1) is 0 Å². The van der Waals surface area contributed by atoms with Crippen LogP contribution in [0.2, 0.25) is 0 Å². The van der Waals surface area contributed by atoms with Crippen molar-refractivity contribution in [2.24, 2.45) is 0 Å². The fourth-order valence-electron chi connectivity index (χ4n) is 8.35. The van der Waals surface area contributed by atoms with E-state index in [1.165, 1.54) is 45.0 Å². The van der Waals surface area contributed by atoms with Gasteiger partial charge in [-0.05, 0) is 110 Å². The smallest absolute Gasteiger partial charge is 0.204 e. The van der Waals surface area contributed by atoms with Crippen molar-refractivity contribution < 1.29 is 26.4 Å². The first kappa shape index (κ1) is 42.2. The van der Waals surface area contributed by atoms with Crippen LogP contribution in [0.5, 0.6) is 0 Å². The first-order valence-corrected chi connectivity index (χ1v) is 19.6. The van der Waals surface area contributed by atoms with Gasteiger partial charge in [0.2, 0.25) is 11.6 Å². The van der Waals surface area contributed by atoms with Gasteiger partial charge >= 0.3 is 0 Å². The minimum atomic E-state index is -0.176. The number of carbonyl (C=O) groups excluding carboxylic acids is 2. The van der Waals surface area contributed by atoms with Gasteiger partial charge in [-0.3, -0.25) is 19.6 Å². The van der Waals surface area contributed by atoms with Crippen LogP contribution in [0.3, 0.4) is 0 Å². The van der Waals surface area contributed by atoms with E-state index >= 15 is 0 Å². The Morgan fingerprint density at radius 2 is 0.864 bits per heavy atom. The van der Waals surface area contributed by atoms with Crippen LogP contribution in [0, 0.1) is 0 Å². The second-order valence-electron chi connectivity index (χ2n) is 15.1. The summed E-state index contributed by atoms with van der Waals surface area (Å²) in [6, 6.07) is 48.9. The molecule has 297 valence electrons. The third kappa shape index (κ3) is 9.17. The molecule has 0 saturated carbocycles. The number of rotatable bonds is 10. The predicted molar refractivity (Wildman–Crippen MR) is 236 cm³/mol. The fourth-order valence-corrected chi connectivity index (χ4v) is 8.35. The number of anilines is 2. The van der Waals surface area contributed by atoms with E-state index in [1.54, 1.807) is 36.7 Å². The normalized spacial score (nSPS) is 19.3. The molecule has 1 radical (unpaired) electrons. The molecule has 6 nitrogen and oxygen atoms in total. The van der Waals surface area contributed by atoms with Gasteiger partial charge in [-0.2, -0.15) is 0 Å². The number of nitrogens with zero attached hydrogens (tertiary/aromatic N) is 4. The molecule has 59 heavy (non-hydrogen) atoms. The second kappa shape index (κ2) is 18.9. The maximum Gasteiger partial charge on any atom is 0.204 e. The third-order valence-corrected chi connectivity index (χ3v) is 11.2. The number of allylic oxidation sites excluding steroid dienone is 8. The topological polar surface area (TPSA) is 66.4 Å². The number of pyridine rings is 2. The molecule has 0 bridgehead atoms. The Hall–Kier alpha value is -6.41. The summed E-state index contributed by atoms with van der Waals surface area (Å²) in [7, 11) is 4.19. The van der Waals surface area contributed by atoms with E-state index in [0.717, 1.165) is 12.8 Å². The molecule has 0 fully saturated rings. The van der Waals surface area contributed by atoms with Gasteiger partial charge in [0.15, 0.2) is 0 Å². The molecule has 2 unspecified atom stereocenters. The molecule has 0 amide bonds. The van der Waals surface area contributed by atoms with Crippen molar-refractivity contribution in [3.63, 3.8) is 0 Å². The molecule has 2 aliphatic rings. The van der Waals surface area contributed by atoms with E-state index in [9.17, 15) is 9.59 Å². The molecule has 2 aliphatic heterocycles. The Kier molecular flexibility index (Phi) is 13.5. The summed E-state index contributed by atoms with van der Waals surface area (Å²) in [5, 5.41) is 0. The molecule has 0 N–H and O–H groups in total. The van der Waals surface area contributed by atoms with E-state index in [1.807, 2.05) is 48.6 Å². The second-order valence-corrected chi connectivity index (χ2v) is 15.1. The Morgan fingerprint density at radius 3 is 1.24 bits per heavy atom. The Labute approximate surface area is 358 Å². The third-order valence-electron chi connectivity index (χ3n) is 11.2. The maximum absolute atomic E-state index is 12.4. The number of hydrogen-bond donors (Lipinski definition) is 0. The van der Waals surface area contributed by atoms with Crippen LogP contribution >= 0.6 is 0 Å². The summed E-state index contributed by atoms with van der Waals surface area (Å²) in [5.74, 6) is -0.184. The number of para-hydroxylation sites is 2. The molecule has 0 spiro atoms. The SMILES string of the molecule is CN1/C(=C\C=C\C(=O)c2ccccn2)C(C)(Cc2ccccc2)c2ccccc21.CN1/C(=C\C=C\C(=O)c2ccccn2)C(C)(Cc2ccccc2)c2ccccc21.[Co]. The summed E-state index contributed by atoms with van der Waals surface area (Å²) >= 11 is 0. The average molecular weight is 820 g/mol. The predicted octanol–water partition coefficient (Wildman–Crippen LogP) is 10.7. The van der Waals surface area contributed by atoms with E-state index in [-0.39, 0.29) is 39.2 Å². The van der Waals surface area contributed by atoms with Crippen LogP contribution in [0.4, 0.5) is 11.4 Å². The number of benzene rings is 4. The summed E-state index contributed by atoms with van der Waals surface area (Å²) in [6.07, 6.45) is 16.1. The fraction of sp³-hybridized carbons (Fsp3) is 0.154. The van der Waals surface area contributed by atoms with Gasteiger partial charge in [0.1, 0.15) is 11.4 Å². The largest absolute Gasteiger partial charge is 0.347 e. The molecule has 0 saturated heterocycles. The monoisotopic (exact) mass is 819 g/mol. The first-order chi connectivity index (χ1) is 28.2. The van der Waals surface area contributed by atoms with Crippen LogP contribution in [-0.2, 0) is 40.5 Å².